The van der Waals surface area contributed by atoms with Crippen LogP contribution in [-0.2, 0) is 29.5 Å². The normalized spacial score (nSPS) is 19.9. The van der Waals surface area contributed by atoms with E-state index in [1.165, 1.54) is 6.20 Å². The number of hydrogen-bond acceptors (Lipinski definition) is 10. The number of nitrogens with zero attached hydrogens (tertiary/aromatic N) is 4. The van der Waals surface area contributed by atoms with Crippen molar-refractivity contribution in [1.29, 1.82) is 5.26 Å². The van der Waals surface area contributed by atoms with Crippen molar-refractivity contribution in [2.75, 3.05) is 39.6 Å². The first-order chi connectivity index (χ1) is 19.7. The number of fused-ring (bicyclic) bond motifs is 1. The minimum Gasteiger partial charge on any atom is -0.480 e. The minimum absolute atomic E-state index is 0.133. The van der Waals surface area contributed by atoms with Crippen LogP contribution in [-0.4, -0.2) is 89.6 Å². The summed E-state index contributed by atoms with van der Waals surface area (Å²) < 4.78 is 32.0. The Morgan fingerprint density at radius 1 is 1.29 bits per heavy atom. The number of ether oxygens (including phenoxy) is 3. The van der Waals surface area contributed by atoms with Gasteiger partial charge in [0.1, 0.15) is 18.8 Å². The van der Waals surface area contributed by atoms with Gasteiger partial charge in [0, 0.05) is 29.5 Å². The summed E-state index contributed by atoms with van der Waals surface area (Å²) in [7, 11) is 0. The number of carboxylic acid groups (broad SMARTS) is 1. The highest BCUT2D eigenvalue weighted by Crippen LogP contribution is 2.29. The first-order valence-electron chi connectivity index (χ1n) is 13.3. The fraction of sp³-hybridized carbons (Fsp3) is 0.519. The van der Waals surface area contributed by atoms with Gasteiger partial charge in [-0.3, -0.25) is 4.79 Å². The average Bonchev–Trinajstić information content (AvgIpc) is 3.66. The lowest BCUT2D eigenvalue weighted by atomic mass is 10.0. The predicted octanol–water partition coefficient (Wildman–Crippen LogP) is 1.08. The Kier molecular flexibility index (Phi) is 9.87. The molecule has 0 bridgehead atoms. The Morgan fingerprint density at radius 3 is 2.78 bits per heavy atom. The molecule has 0 spiro atoms. The van der Waals surface area contributed by atoms with Crippen LogP contribution in [0.2, 0.25) is 0 Å². The van der Waals surface area contributed by atoms with Gasteiger partial charge in [-0.05, 0) is 38.8 Å². The molecule has 0 aromatic carbocycles. The van der Waals surface area contributed by atoms with Crippen LogP contribution in [0.4, 0.5) is 4.39 Å². The second-order valence-electron chi connectivity index (χ2n) is 9.99. The summed E-state index contributed by atoms with van der Waals surface area (Å²) in [6, 6.07) is 4.03. The van der Waals surface area contributed by atoms with E-state index in [0.717, 1.165) is 12.8 Å². The molecule has 1 amide bonds. The first-order valence-corrected chi connectivity index (χ1v) is 13.3. The fourth-order valence-corrected chi connectivity index (χ4v) is 4.12. The molecule has 14 heteroatoms. The third kappa shape index (κ3) is 8.00. The van der Waals surface area contributed by atoms with Crippen molar-refractivity contribution in [3.63, 3.8) is 0 Å². The van der Waals surface area contributed by atoms with Gasteiger partial charge >= 0.3 is 5.97 Å². The number of dihydropyridines is 1. The zero-order valence-corrected chi connectivity index (χ0v) is 22.9. The number of rotatable bonds is 16. The van der Waals surface area contributed by atoms with E-state index in [2.05, 4.69) is 32.1 Å². The maximum atomic E-state index is 14.7. The van der Waals surface area contributed by atoms with E-state index < -0.39 is 36.4 Å². The fourth-order valence-electron chi connectivity index (χ4n) is 4.12. The molecule has 0 saturated heterocycles. The Hall–Kier alpha value is -4.06. The highest BCUT2D eigenvalue weighted by molar-refractivity contribution is 5.98. The van der Waals surface area contributed by atoms with Gasteiger partial charge < -0.3 is 35.3 Å². The van der Waals surface area contributed by atoms with Crippen LogP contribution in [0.3, 0.4) is 0 Å². The van der Waals surface area contributed by atoms with Gasteiger partial charge in [0.05, 0.1) is 56.4 Å². The molecule has 1 aliphatic carbocycles. The number of nitrogens with one attached hydrogen (secondary N) is 3. The van der Waals surface area contributed by atoms with Crippen molar-refractivity contribution >= 4 is 22.9 Å². The number of hydrogen-bond donors (Lipinski definition) is 4. The summed E-state index contributed by atoms with van der Waals surface area (Å²) in [5.41, 5.74) is 1.09. The molecule has 3 heterocycles. The van der Waals surface area contributed by atoms with E-state index >= 15 is 0 Å². The molecule has 41 heavy (non-hydrogen) atoms. The van der Waals surface area contributed by atoms with Crippen LogP contribution in [0.25, 0.3) is 11.0 Å². The molecule has 3 unspecified atom stereocenters. The molecule has 4 rings (SSSR count). The molecule has 2 aromatic heterocycles. The van der Waals surface area contributed by atoms with E-state index in [9.17, 15) is 14.0 Å². The zero-order valence-electron chi connectivity index (χ0n) is 22.9. The standard InChI is InChI=1S/C27H34FN7O6/c1-17(41-8-7-39-5-6-40-16-24(36)37)22(28)15-31-26(38)21-14-32-27(2,10-23(21)34-20-3-4-20)35-25-19(13-33-35)9-18(11-29)12-30-25/h9-10,12-14,17,20,22,32,34H,3-8,15-16H2,1-2H3,(H,31,38)(H,36,37). The maximum Gasteiger partial charge on any atom is 0.329 e. The highest BCUT2D eigenvalue weighted by Gasteiger charge is 2.35. The second-order valence-corrected chi connectivity index (χ2v) is 9.99. The number of carbonyl (C=O) groups excluding carboxylic acids is 1. The minimum atomic E-state index is -1.45. The van der Waals surface area contributed by atoms with Crippen LogP contribution >= 0.6 is 0 Å². The Bertz CT molecular complexity index is 1350. The third-order valence-electron chi connectivity index (χ3n) is 6.56. The van der Waals surface area contributed by atoms with Gasteiger partial charge in [-0.2, -0.15) is 10.4 Å². The molecule has 4 N–H and O–H groups in total. The van der Waals surface area contributed by atoms with E-state index in [0.29, 0.717) is 27.9 Å². The topological polar surface area (TPSA) is 173 Å². The number of halogens is 1. The SMILES string of the molecule is CC(OCCOCCOCC(=O)O)C(F)CNC(=O)C1=CNC(C)(n2ncc3cc(C#N)cnc32)C=C1NC1CC1. The summed E-state index contributed by atoms with van der Waals surface area (Å²) in [4.78, 5) is 27.9. The number of amides is 1. The highest BCUT2D eigenvalue weighted by atomic mass is 19.1. The Labute approximate surface area is 236 Å². The van der Waals surface area contributed by atoms with E-state index in [-0.39, 0.29) is 39.0 Å². The average molecular weight is 572 g/mol. The summed E-state index contributed by atoms with van der Waals surface area (Å²) in [6.45, 7) is 3.48. The van der Waals surface area contributed by atoms with E-state index in [1.807, 2.05) is 13.0 Å². The molecule has 220 valence electrons. The van der Waals surface area contributed by atoms with Gasteiger partial charge in [0.15, 0.2) is 11.3 Å². The lowest BCUT2D eigenvalue weighted by Gasteiger charge is -2.33. The predicted molar refractivity (Wildman–Crippen MR) is 144 cm³/mol. The summed E-state index contributed by atoms with van der Waals surface area (Å²) >= 11 is 0. The lowest BCUT2D eigenvalue weighted by Crippen LogP contribution is -2.47. The van der Waals surface area contributed by atoms with Crippen molar-refractivity contribution in [2.24, 2.45) is 0 Å². The summed E-state index contributed by atoms with van der Waals surface area (Å²) in [5.74, 6) is -1.50. The van der Waals surface area contributed by atoms with Gasteiger partial charge in [0.2, 0.25) is 0 Å². The number of alkyl halides is 1. The smallest absolute Gasteiger partial charge is 0.329 e. The molecule has 1 saturated carbocycles. The van der Waals surface area contributed by atoms with Crippen LogP contribution in [0, 0.1) is 11.3 Å². The van der Waals surface area contributed by atoms with E-state index in [4.69, 9.17) is 24.6 Å². The van der Waals surface area contributed by atoms with Crippen molar-refractivity contribution in [2.45, 2.75) is 50.7 Å². The summed E-state index contributed by atoms with van der Waals surface area (Å²) in [6.07, 6.45) is 6.30. The maximum absolute atomic E-state index is 14.7. The van der Waals surface area contributed by atoms with Crippen LogP contribution in [0.1, 0.15) is 32.3 Å². The van der Waals surface area contributed by atoms with Crippen LogP contribution in [0.15, 0.2) is 42.0 Å². The molecule has 2 aliphatic rings. The Morgan fingerprint density at radius 2 is 2.05 bits per heavy atom. The van der Waals surface area contributed by atoms with Crippen LogP contribution < -0.4 is 16.0 Å². The van der Waals surface area contributed by atoms with Gasteiger partial charge in [-0.1, -0.05) is 0 Å². The van der Waals surface area contributed by atoms with Crippen molar-refractivity contribution in [3.05, 3.63) is 47.6 Å². The molecular formula is C27H34FN7O6. The zero-order chi connectivity index (χ0) is 29.4. The molecular weight excluding hydrogens is 537 g/mol. The third-order valence-corrected chi connectivity index (χ3v) is 6.56. The molecule has 1 fully saturated rings. The molecule has 2 aromatic rings. The van der Waals surface area contributed by atoms with Crippen molar-refractivity contribution < 1.29 is 33.3 Å². The lowest BCUT2D eigenvalue weighted by molar-refractivity contribution is -0.142. The molecule has 13 nitrogen and oxygen atoms in total. The molecule has 3 atom stereocenters. The van der Waals surface area contributed by atoms with Crippen molar-refractivity contribution in [1.82, 2.24) is 30.7 Å². The quantitative estimate of drug-likeness (QED) is 0.212. The number of aromatic nitrogens is 3. The molecule has 0 radical (unpaired) electrons. The van der Waals surface area contributed by atoms with Gasteiger partial charge in [0.25, 0.3) is 5.91 Å². The second kappa shape index (κ2) is 13.5. The summed E-state index contributed by atoms with van der Waals surface area (Å²) in [5, 5.41) is 32.1. The van der Waals surface area contributed by atoms with E-state index in [1.54, 1.807) is 30.1 Å². The van der Waals surface area contributed by atoms with Gasteiger partial charge in [-0.25, -0.2) is 18.9 Å². The number of aliphatic carboxylic acids is 1. The monoisotopic (exact) mass is 571 g/mol. The molecule has 1 aliphatic heterocycles. The first kappa shape index (κ1) is 29.9. The number of carbonyl (C=O) groups is 2. The van der Waals surface area contributed by atoms with Gasteiger partial charge in [-0.15, -0.1) is 0 Å². The number of nitriles is 1. The number of carboxylic acids is 1. The number of pyridine rings is 1. The van der Waals surface area contributed by atoms with Crippen molar-refractivity contribution in [3.8, 4) is 6.07 Å². The van der Waals surface area contributed by atoms with Crippen LogP contribution in [0.5, 0.6) is 0 Å². The Balaban J connectivity index is 1.30. The largest absolute Gasteiger partial charge is 0.480 e.